The van der Waals surface area contributed by atoms with E-state index in [1.165, 1.54) is 14.2 Å². The molecule has 0 unspecified atom stereocenters. The van der Waals surface area contributed by atoms with E-state index in [2.05, 4.69) is 4.74 Å². The lowest BCUT2D eigenvalue weighted by molar-refractivity contribution is 0.0597. The molecule has 0 atom stereocenters. The molecule has 0 fully saturated rings. The molecule has 14 heavy (non-hydrogen) atoms. The van der Waals surface area contributed by atoms with Crippen molar-refractivity contribution in [3.05, 3.63) is 29.3 Å². The highest BCUT2D eigenvalue weighted by Crippen LogP contribution is 2.20. The first-order valence-electron chi connectivity index (χ1n) is 4.48. The Bertz CT molecular complexity index is 336. The van der Waals surface area contributed by atoms with Gasteiger partial charge in [0.1, 0.15) is 19.2 Å². The molecule has 0 saturated carbocycles. The minimum atomic E-state index is -0.364. The Kier molecular flexibility index (Phi) is 3.57. The fraction of sp³-hybridized carbons (Fsp3) is 0.300. The van der Waals surface area contributed by atoms with E-state index in [0.717, 1.165) is 11.9 Å². The zero-order valence-electron chi connectivity index (χ0n) is 8.66. The molecule has 0 aliphatic carbocycles. The Morgan fingerprint density at radius 1 is 1.43 bits per heavy atom. The van der Waals surface area contributed by atoms with Gasteiger partial charge in [-0.2, -0.15) is 0 Å². The van der Waals surface area contributed by atoms with Gasteiger partial charge in [0, 0.05) is 0 Å². The van der Waals surface area contributed by atoms with Crippen molar-refractivity contribution in [1.29, 1.82) is 0 Å². The van der Waals surface area contributed by atoms with Gasteiger partial charge in [0.05, 0.1) is 14.2 Å². The van der Waals surface area contributed by atoms with Crippen LogP contribution in [0.25, 0.3) is 0 Å². The van der Waals surface area contributed by atoms with Crippen molar-refractivity contribution in [3.8, 4) is 5.75 Å². The summed E-state index contributed by atoms with van der Waals surface area (Å²) in [5.74, 6) is 0.186. The summed E-state index contributed by atoms with van der Waals surface area (Å²) in [6.07, 6.45) is 0.883. The minimum Gasteiger partial charge on any atom is -0.496 e. The molecule has 3 nitrogen and oxygen atoms in total. The molecule has 4 heteroatoms. The first kappa shape index (κ1) is 10.6. The normalized spacial score (nSPS) is 9.57. The van der Waals surface area contributed by atoms with Crippen LogP contribution in [0.4, 0.5) is 0 Å². The molecule has 0 saturated heterocycles. The van der Waals surface area contributed by atoms with Crippen LogP contribution in [0.2, 0.25) is 0 Å². The molecular formula is C10H13BO3. The number of hydrogen-bond donors (Lipinski definition) is 0. The van der Waals surface area contributed by atoms with Gasteiger partial charge >= 0.3 is 5.97 Å². The van der Waals surface area contributed by atoms with Gasteiger partial charge in [-0.05, 0) is 12.1 Å². The van der Waals surface area contributed by atoms with Crippen LogP contribution in [0.1, 0.15) is 15.9 Å². The Labute approximate surface area is 84.4 Å². The number of methoxy groups -OCH3 is 2. The van der Waals surface area contributed by atoms with Crippen LogP contribution in [0.5, 0.6) is 5.75 Å². The monoisotopic (exact) mass is 192 g/mol. The maximum Gasteiger partial charge on any atom is 0.341 e. The molecule has 1 aromatic rings. The summed E-state index contributed by atoms with van der Waals surface area (Å²) < 4.78 is 9.73. The molecule has 0 heterocycles. The van der Waals surface area contributed by atoms with Crippen LogP contribution in [0.15, 0.2) is 18.2 Å². The van der Waals surface area contributed by atoms with Crippen LogP contribution in [-0.4, -0.2) is 28.0 Å². The average molecular weight is 192 g/mol. The van der Waals surface area contributed by atoms with Gasteiger partial charge in [-0.1, -0.05) is 17.9 Å². The van der Waals surface area contributed by atoms with Crippen molar-refractivity contribution >= 4 is 13.8 Å². The van der Waals surface area contributed by atoms with E-state index in [4.69, 9.17) is 4.74 Å². The molecule has 0 bridgehead atoms. The molecule has 0 aromatic heterocycles. The van der Waals surface area contributed by atoms with Gasteiger partial charge in [-0.25, -0.2) is 4.79 Å². The fourth-order valence-electron chi connectivity index (χ4n) is 1.24. The predicted octanol–water partition coefficient (Wildman–Crippen LogP) is 0.615. The third-order valence-corrected chi connectivity index (χ3v) is 2.08. The minimum absolute atomic E-state index is 0.364. The predicted molar refractivity (Wildman–Crippen MR) is 56.6 cm³/mol. The third-order valence-electron chi connectivity index (χ3n) is 2.08. The van der Waals surface area contributed by atoms with Crippen LogP contribution in [0, 0.1) is 0 Å². The van der Waals surface area contributed by atoms with Crippen LogP contribution >= 0.6 is 0 Å². The highest BCUT2D eigenvalue weighted by atomic mass is 16.5. The van der Waals surface area contributed by atoms with Crippen LogP contribution in [0.3, 0.4) is 0 Å². The summed E-state index contributed by atoms with van der Waals surface area (Å²) in [4.78, 5) is 11.4. The number of carbonyl (C=O) groups is 1. The van der Waals surface area contributed by atoms with Gasteiger partial charge in [0.15, 0.2) is 0 Å². The van der Waals surface area contributed by atoms with Gasteiger partial charge in [0.25, 0.3) is 0 Å². The lowest BCUT2D eigenvalue weighted by Crippen LogP contribution is -2.05. The van der Waals surface area contributed by atoms with Gasteiger partial charge in [0.2, 0.25) is 0 Å². The maximum absolute atomic E-state index is 11.4. The summed E-state index contributed by atoms with van der Waals surface area (Å²) in [7, 11) is 4.93. The lowest BCUT2D eigenvalue weighted by atomic mass is 9.95. The second-order valence-corrected chi connectivity index (χ2v) is 2.88. The van der Waals surface area contributed by atoms with Crippen molar-refractivity contribution in [3.63, 3.8) is 0 Å². The molecule has 0 aliphatic rings. The summed E-state index contributed by atoms with van der Waals surface area (Å²) in [5, 5.41) is 0. The van der Waals surface area contributed by atoms with Gasteiger partial charge in [-0.15, -0.1) is 0 Å². The number of esters is 1. The zero-order chi connectivity index (χ0) is 10.6. The van der Waals surface area contributed by atoms with E-state index in [0.29, 0.717) is 11.3 Å². The summed E-state index contributed by atoms with van der Waals surface area (Å²) in [6, 6.07) is 5.51. The van der Waals surface area contributed by atoms with Crippen molar-refractivity contribution in [2.75, 3.05) is 14.2 Å². The molecule has 0 radical (unpaired) electrons. The third kappa shape index (κ3) is 2.07. The zero-order valence-corrected chi connectivity index (χ0v) is 8.66. The molecule has 0 amide bonds. The molecular weight excluding hydrogens is 179 g/mol. The van der Waals surface area contributed by atoms with Crippen molar-refractivity contribution < 1.29 is 14.3 Å². The van der Waals surface area contributed by atoms with Crippen molar-refractivity contribution in [2.45, 2.75) is 6.32 Å². The second kappa shape index (κ2) is 4.70. The second-order valence-electron chi connectivity index (χ2n) is 2.88. The number of carbonyl (C=O) groups excluding carboxylic acids is 1. The SMILES string of the molecule is BCc1ccc(OC)c(C(=O)OC)c1. The molecule has 74 valence electrons. The first-order valence-corrected chi connectivity index (χ1v) is 4.48. The number of hydrogen-bond acceptors (Lipinski definition) is 3. The van der Waals surface area contributed by atoms with Gasteiger partial charge < -0.3 is 9.47 Å². The molecule has 0 N–H and O–H groups in total. The number of benzene rings is 1. The van der Waals surface area contributed by atoms with E-state index in [1.807, 2.05) is 13.9 Å². The highest BCUT2D eigenvalue weighted by Gasteiger charge is 2.12. The lowest BCUT2D eigenvalue weighted by Gasteiger charge is -2.07. The topological polar surface area (TPSA) is 35.5 Å². The smallest absolute Gasteiger partial charge is 0.341 e. The largest absolute Gasteiger partial charge is 0.496 e. The Morgan fingerprint density at radius 3 is 2.64 bits per heavy atom. The highest BCUT2D eigenvalue weighted by molar-refractivity contribution is 6.08. The Hall–Kier alpha value is -1.45. The van der Waals surface area contributed by atoms with Gasteiger partial charge in [-0.3, -0.25) is 0 Å². The standard InChI is InChI=1S/C10H13BO3/c1-13-9-4-3-7(6-11)5-8(9)10(12)14-2/h3-5H,6,11H2,1-2H3. The molecule has 0 spiro atoms. The van der Waals surface area contributed by atoms with E-state index >= 15 is 0 Å². The quantitative estimate of drug-likeness (QED) is 0.520. The molecule has 0 aliphatic heterocycles. The summed E-state index contributed by atoms with van der Waals surface area (Å²) in [5.41, 5.74) is 1.57. The van der Waals surface area contributed by atoms with Crippen LogP contribution in [-0.2, 0) is 11.1 Å². The molecule has 1 aromatic carbocycles. The number of rotatable bonds is 3. The van der Waals surface area contributed by atoms with E-state index in [-0.39, 0.29) is 5.97 Å². The van der Waals surface area contributed by atoms with Crippen LogP contribution < -0.4 is 4.74 Å². The Morgan fingerprint density at radius 2 is 2.14 bits per heavy atom. The number of ether oxygens (including phenoxy) is 2. The molecule has 1 rings (SSSR count). The maximum atomic E-state index is 11.4. The average Bonchev–Trinajstić information content (AvgIpc) is 2.27. The summed E-state index contributed by atoms with van der Waals surface area (Å²) in [6.45, 7) is 0. The van der Waals surface area contributed by atoms with E-state index in [1.54, 1.807) is 12.1 Å². The van der Waals surface area contributed by atoms with Crippen molar-refractivity contribution in [1.82, 2.24) is 0 Å². The Balaban J connectivity index is 3.14. The van der Waals surface area contributed by atoms with Crippen molar-refractivity contribution in [2.24, 2.45) is 0 Å². The van der Waals surface area contributed by atoms with E-state index in [9.17, 15) is 4.79 Å². The van der Waals surface area contributed by atoms with E-state index < -0.39 is 0 Å². The first-order chi connectivity index (χ1) is 6.72. The fourth-order valence-corrected chi connectivity index (χ4v) is 1.24. The summed E-state index contributed by atoms with van der Waals surface area (Å²) >= 11 is 0.